The van der Waals surface area contributed by atoms with Gasteiger partial charge in [-0.2, -0.15) is 0 Å². The van der Waals surface area contributed by atoms with Crippen LogP contribution < -0.4 is 0 Å². The van der Waals surface area contributed by atoms with Gasteiger partial charge in [0.05, 0.1) is 6.54 Å². The number of pyridine rings is 1. The maximum atomic E-state index is 12.2. The number of carboxylic acids is 1. The first-order valence-electron chi connectivity index (χ1n) is 5.55. The minimum atomic E-state index is -1.14. The molecule has 0 aromatic carbocycles. The summed E-state index contributed by atoms with van der Waals surface area (Å²) in [6, 6.07) is 6.67. The lowest BCUT2D eigenvalue weighted by Gasteiger charge is -2.16. The van der Waals surface area contributed by atoms with E-state index in [4.69, 9.17) is 5.11 Å². The van der Waals surface area contributed by atoms with Gasteiger partial charge in [0.1, 0.15) is 5.69 Å². The minimum absolute atomic E-state index is 0.129. The van der Waals surface area contributed by atoms with Crippen LogP contribution in [-0.2, 0) is 6.54 Å². The highest BCUT2D eigenvalue weighted by Gasteiger charge is 2.15. The van der Waals surface area contributed by atoms with E-state index in [1.54, 1.807) is 23.3 Å². The predicted molar refractivity (Wildman–Crippen MR) is 71.3 cm³/mol. The van der Waals surface area contributed by atoms with Gasteiger partial charge in [-0.15, -0.1) is 11.3 Å². The van der Waals surface area contributed by atoms with Crippen molar-refractivity contribution in [2.75, 3.05) is 7.05 Å². The molecule has 1 amide bonds. The third kappa shape index (κ3) is 3.17. The Morgan fingerprint density at radius 1 is 1.42 bits per heavy atom. The molecule has 2 rings (SSSR count). The second kappa shape index (κ2) is 5.62. The van der Waals surface area contributed by atoms with E-state index < -0.39 is 5.97 Å². The van der Waals surface area contributed by atoms with Crippen molar-refractivity contribution < 1.29 is 14.7 Å². The van der Waals surface area contributed by atoms with Crippen LogP contribution in [0.1, 0.15) is 25.7 Å². The number of carbonyl (C=O) groups excluding carboxylic acids is 1. The van der Waals surface area contributed by atoms with Crippen molar-refractivity contribution in [1.82, 2.24) is 9.88 Å². The van der Waals surface area contributed by atoms with Gasteiger partial charge in [-0.3, -0.25) is 4.79 Å². The number of carboxylic acid groups (broad SMARTS) is 1. The zero-order chi connectivity index (χ0) is 13.8. The normalized spacial score (nSPS) is 10.2. The van der Waals surface area contributed by atoms with Crippen molar-refractivity contribution in [1.29, 1.82) is 0 Å². The smallest absolute Gasteiger partial charge is 0.354 e. The Labute approximate surface area is 114 Å². The van der Waals surface area contributed by atoms with Crippen molar-refractivity contribution in [2.45, 2.75) is 6.54 Å². The highest BCUT2D eigenvalue weighted by Crippen LogP contribution is 2.13. The minimum Gasteiger partial charge on any atom is -0.477 e. The number of aromatic carboxylic acids is 1. The summed E-state index contributed by atoms with van der Waals surface area (Å²) < 4.78 is 0. The predicted octanol–water partition coefficient (Wildman–Crippen LogP) is 2.11. The molecule has 0 aliphatic rings. The first kappa shape index (κ1) is 13.2. The topological polar surface area (TPSA) is 70.5 Å². The maximum absolute atomic E-state index is 12.2. The van der Waals surface area contributed by atoms with Gasteiger partial charge in [-0.05, 0) is 23.6 Å². The molecule has 0 bridgehead atoms. The lowest BCUT2D eigenvalue weighted by atomic mass is 10.2. The van der Waals surface area contributed by atoms with Crippen LogP contribution in [0.3, 0.4) is 0 Å². The average molecular weight is 276 g/mol. The van der Waals surface area contributed by atoms with Gasteiger partial charge in [0.2, 0.25) is 0 Å². The lowest BCUT2D eigenvalue weighted by Crippen LogP contribution is -2.26. The number of amides is 1. The van der Waals surface area contributed by atoms with E-state index in [-0.39, 0.29) is 11.6 Å². The Kier molecular flexibility index (Phi) is 3.91. The van der Waals surface area contributed by atoms with Crippen molar-refractivity contribution in [2.24, 2.45) is 0 Å². The van der Waals surface area contributed by atoms with Crippen LogP contribution in [0.15, 0.2) is 35.8 Å². The van der Waals surface area contributed by atoms with Crippen molar-refractivity contribution in [3.63, 3.8) is 0 Å². The first-order valence-corrected chi connectivity index (χ1v) is 6.43. The van der Waals surface area contributed by atoms with E-state index in [9.17, 15) is 9.59 Å². The number of thiophene rings is 1. The van der Waals surface area contributed by atoms with Gasteiger partial charge in [0.25, 0.3) is 5.91 Å². The number of nitrogens with zero attached hydrogens (tertiary/aromatic N) is 2. The number of carbonyl (C=O) groups is 2. The second-order valence-electron chi connectivity index (χ2n) is 3.98. The molecule has 0 aliphatic carbocycles. The fourth-order valence-corrected chi connectivity index (χ4v) is 2.37. The lowest BCUT2D eigenvalue weighted by molar-refractivity contribution is 0.0690. The average Bonchev–Trinajstić information content (AvgIpc) is 2.90. The SMILES string of the molecule is CN(Cc1cccs1)C(=O)c1ccnc(C(=O)O)c1. The van der Waals surface area contributed by atoms with Gasteiger partial charge >= 0.3 is 5.97 Å². The third-order valence-electron chi connectivity index (χ3n) is 2.55. The molecule has 0 fully saturated rings. The Hall–Kier alpha value is -2.21. The van der Waals surface area contributed by atoms with Crippen molar-refractivity contribution in [3.8, 4) is 0 Å². The van der Waals surface area contributed by atoms with E-state index in [0.717, 1.165) is 4.88 Å². The standard InChI is InChI=1S/C13H12N2O3S/c1-15(8-10-3-2-6-19-10)12(16)9-4-5-14-11(7-9)13(17)18/h2-7H,8H2,1H3,(H,17,18). The van der Waals surface area contributed by atoms with Crippen LogP contribution >= 0.6 is 11.3 Å². The van der Waals surface area contributed by atoms with Crippen LogP contribution in [0.2, 0.25) is 0 Å². The van der Waals surface area contributed by atoms with Gasteiger partial charge in [-0.1, -0.05) is 6.07 Å². The van der Waals surface area contributed by atoms with Crippen LogP contribution in [0, 0.1) is 0 Å². The second-order valence-corrected chi connectivity index (χ2v) is 5.01. The summed E-state index contributed by atoms with van der Waals surface area (Å²) >= 11 is 1.57. The molecule has 0 aliphatic heterocycles. The molecular weight excluding hydrogens is 264 g/mol. The molecule has 0 spiro atoms. The molecule has 2 aromatic rings. The van der Waals surface area contributed by atoms with E-state index in [0.29, 0.717) is 12.1 Å². The van der Waals surface area contributed by atoms with E-state index >= 15 is 0 Å². The molecule has 0 saturated heterocycles. The Morgan fingerprint density at radius 3 is 2.84 bits per heavy atom. The molecule has 5 nitrogen and oxygen atoms in total. The molecule has 19 heavy (non-hydrogen) atoms. The Morgan fingerprint density at radius 2 is 2.21 bits per heavy atom. The van der Waals surface area contributed by atoms with E-state index in [2.05, 4.69) is 4.98 Å². The maximum Gasteiger partial charge on any atom is 0.354 e. The molecule has 0 saturated carbocycles. The molecule has 1 N–H and O–H groups in total. The number of hydrogen-bond donors (Lipinski definition) is 1. The molecular formula is C13H12N2O3S. The van der Waals surface area contributed by atoms with Gasteiger partial charge in [-0.25, -0.2) is 9.78 Å². The monoisotopic (exact) mass is 276 g/mol. The van der Waals surface area contributed by atoms with Gasteiger partial charge in [0, 0.05) is 23.7 Å². The zero-order valence-electron chi connectivity index (χ0n) is 10.2. The highest BCUT2D eigenvalue weighted by atomic mass is 32.1. The van der Waals surface area contributed by atoms with Crippen molar-refractivity contribution >= 4 is 23.2 Å². The summed E-state index contributed by atoms with van der Waals surface area (Å²) in [5, 5.41) is 10.8. The molecule has 98 valence electrons. The Balaban J connectivity index is 2.14. The van der Waals surface area contributed by atoms with Crippen LogP contribution in [0.5, 0.6) is 0 Å². The van der Waals surface area contributed by atoms with Gasteiger partial charge < -0.3 is 10.0 Å². The number of aromatic nitrogens is 1. The summed E-state index contributed by atoms with van der Waals surface area (Å²) in [6.07, 6.45) is 1.33. The highest BCUT2D eigenvalue weighted by molar-refractivity contribution is 7.09. The van der Waals surface area contributed by atoms with E-state index in [1.165, 1.54) is 18.3 Å². The largest absolute Gasteiger partial charge is 0.477 e. The first-order chi connectivity index (χ1) is 9.08. The number of rotatable bonds is 4. The van der Waals surface area contributed by atoms with Crippen molar-refractivity contribution in [3.05, 3.63) is 52.0 Å². The summed E-state index contributed by atoms with van der Waals surface area (Å²) in [5.74, 6) is -1.37. The molecule has 6 heteroatoms. The summed E-state index contributed by atoms with van der Waals surface area (Å²) in [6.45, 7) is 0.501. The fourth-order valence-electron chi connectivity index (χ4n) is 1.61. The van der Waals surface area contributed by atoms with E-state index in [1.807, 2.05) is 17.5 Å². The zero-order valence-corrected chi connectivity index (χ0v) is 11.1. The summed E-state index contributed by atoms with van der Waals surface area (Å²) in [7, 11) is 1.68. The van der Waals surface area contributed by atoms with Crippen LogP contribution in [0.4, 0.5) is 0 Å². The quantitative estimate of drug-likeness (QED) is 0.928. The summed E-state index contributed by atoms with van der Waals surface area (Å²) in [5.41, 5.74) is 0.196. The van der Waals surface area contributed by atoms with Crippen LogP contribution in [-0.4, -0.2) is 33.9 Å². The molecule has 0 radical (unpaired) electrons. The Bertz CT molecular complexity index is 596. The molecule has 0 atom stereocenters. The number of hydrogen-bond acceptors (Lipinski definition) is 4. The van der Waals surface area contributed by atoms with Crippen LogP contribution in [0.25, 0.3) is 0 Å². The molecule has 0 unspecified atom stereocenters. The summed E-state index contributed by atoms with van der Waals surface area (Å²) in [4.78, 5) is 29.3. The third-order valence-corrected chi connectivity index (χ3v) is 3.41. The fraction of sp³-hybridized carbons (Fsp3) is 0.154. The molecule has 2 heterocycles. The van der Waals surface area contributed by atoms with Gasteiger partial charge in [0.15, 0.2) is 0 Å². The molecule has 2 aromatic heterocycles.